The second kappa shape index (κ2) is 12.6. The van der Waals surface area contributed by atoms with E-state index in [-0.39, 0.29) is 11.6 Å². The highest BCUT2D eigenvalue weighted by Gasteiger charge is 2.41. The third-order valence-electron chi connectivity index (χ3n) is 4.88. The first-order chi connectivity index (χ1) is 14.6. The normalized spacial score (nSPS) is 12.8. The summed E-state index contributed by atoms with van der Waals surface area (Å²) in [5.74, 6) is 0.867. The Morgan fingerprint density at radius 2 is 1.84 bits per heavy atom. The number of benzene rings is 1. The van der Waals surface area contributed by atoms with E-state index < -0.39 is 22.7 Å². The molecule has 1 rings (SSSR count). The van der Waals surface area contributed by atoms with Crippen LogP contribution in [0.15, 0.2) is 24.3 Å². The summed E-state index contributed by atoms with van der Waals surface area (Å²) in [5, 5.41) is 12.9. The molecule has 0 fully saturated rings. The van der Waals surface area contributed by atoms with Crippen LogP contribution in [-0.2, 0) is 10.5 Å². The predicted octanol–water partition coefficient (Wildman–Crippen LogP) is 4.51. The zero-order valence-electron chi connectivity index (χ0n) is 19.3. The van der Waals surface area contributed by atoms with Crippen molar-refractivity contribution in [3.05, 3.63) is 29.8 Å². The minimum atomic E-state index is -1.05. The van der Waals surface area contributed by atoms with Crippen LogP contribution in [0.2, 0.25) is 0 Å². The van der Waals surface area contributed by atoms with Crippen molar-refractivity contribution in [2.24, 2.45) is 5.92 Å². The molecule has 0 aliphatic heterocycles. The molecule has 8 nitrogen and oxygen atoms in total. The van der Waals surface area contributed by atoms with Crippen molar-refractivity contribution < 1.29 is 24.3 Å². The smallest absolute Gasteiger partial charge is 0.359 e. The fourth-order valence-corrected chi connectivity index (χ4v) is 3.99. The first-order valence-electron chi connectivity index (χ1n) is 10.4. The summed E-state index contributed by atoms with van der Waals surface area (Å²) < 4.78 is 4.12. The van der Waals surface area contributed by atoms with Gasteiger partial charge in [0.15, 0.2) is 0 Å². The summed E-state index contributed by atoms with van der Waals surface area (Å²) >= 11 is 1.36. The van der Waals surface area contributed by atoms with E-state index in [0.717, 1.165) is 22.6 Å². The van der Waals surface area contributed by atoms with E-state index >= 15 is 0 Å². The summed E-state index contributed by atoms with van der Waals surface area (Å²) in [6.07, 6.45) is 1.72. The summed E-state index contributed by atoms with van der Waals surface area (Å²) in [4.78, 5) is 38.8. The minimum Gasteiger partial charge on any atom is -0.497 e. The summed E-state index contributed by atoms with van der Waals surface area (Å²) in [6, 6.07) is 5.79. The molecule has 174 valence electrons. The Kier molecular flexibility index (Phi) is 10.8. The standard InChI is InChI=1S/C22H35N3O5S/c1-7-14-24(20(27)23-5)21(28)25(29)19(26)22(4,13-12-16(2)3)31-15-17-8-10-18(30-6)11-9-17/h8-11,16,29H,7,12-15H2,1-6H3,(H,23,27). The summed E-state index contributed by atoms with van der Waals surface area (Å²) in [7, 11) is 2.98. The molecular formula is C22H35N3O5S. The highest BCUT2D eigenvalue weighted by Crippen LogP contribution is 2.36. The van der Waals surface area contributed by atoms with Crippen LogP contribution in [0, 0.1) is 5.92 Å². The van der Waals surface area contributed by atoms with Gasteiger partial charge in [0.1, 0.15) is 5.75 Å². The highest BCUT2D eigenvalue weighted by atomic mass is 32.2. The van der Waals surface area contributed by atoms with Crippen molar-refractivity contribution >= 4 is 29.7 Å². The quantitative estimate of drug-likeness (QED) is 0.399. The van der Waals surface area contributed by atoms with Crippen molar-refractivity contribution in [2.45, 2.75) is 57.5 Å². The van der Waals surface area contributed by atoms with Gasteiger partial charge < -0.3 is 10.1 Å². The molecule has 1 aromatic carbocycles. The molecule has 1 atom stereocenters. The Labute approximate surface area is 189 Å². The van der Waals surface area contributed by atoms with Crippen molar-refractivity contribution in [1.82, 2.24) is 15.3 Å². The number of methoxy groups -OCH3 is 1. The summed E-state index contributed by atoms with van der Waals surface area (Å²) in [6.45, 7) is 7.71. The van der Waals surface area contributed by atoms with Crippen molar-refractivity contribution in [1.29, 1.82) is 0 Å². The van der Waals surface area contributed by atoms with Crippen LogP contribution in [0.1, 0.15) is 52.5 Å². The number of imide groups is 2. The van der Waals surface area contributed by atoms with E-state index in [1.54, 1.807) is 21.0 Å². The first kappa shape index (κ1) is 26.8. The molecule has 9 heteroatoms. The predicted molar refractivity (Wildman–Crippen MR) is 122 cm³/mol. The molecule has 0 radical (unpaired) electrons. The number of carbonyl (C=O) groups is 3. The number of amides is 5. The van der Waals surface area contributed by atoms with Crippen LogP contribution >= 0.6 is 11.8 Å². The number of carbonyl (C=O) groups excluding carboxylic acids is 3. The molecule has 1 aromatic rings. The molecule has 0 saturated heterocycles. The number of urea groups is 2. The SMILES string of the molecule is CCCN(C(=O)NC)C(=O)N(O)C(=O)C(C)(CCC(C)C)SCc1ccc(OC)cc1. The number of thioether (sulfide) groups is 1. The zero-order chi connectivity index (χ0) is 23.6. The molecule has 5 amide bonds. The number of hydroxylamine groups is 2. The number of nitrogens with one attached hydrogen (secondary N) is 1. The van der Waals surface area contributed by atoms with Gasteiger partial charge in [-0.2, -0.15) is 0 Å². The Morgan fingerprint density at radius 3 is 2.32 bits per heavy atom. The van der Waals surface area contributed by atoms with Crippen molar-refractivity contribution in [3.8, 4) is 5.75 Å². The average Bonchev–Trinajstić information content (AvgIpc) is 2.78. The molecular weight excluding hydrogens is 418 g/mol. The summed E-state index contributed by atoms with van der Waals surface area (Å²) in [5.41, 5.74) is 0.989. The van der Waals surface area contributed by atoms with Crippen LogP contribution in [0.5, 0.6) is 5.75 Å². The molecule has 0 saturated carbocycles. The van der Waals surface area contributed by atoms with Crippen molar-refractivity contribution in [3.63, 3.8) is 0 Å². The lowest BCUT2D eigenvalue weighted by Gasteiger charge is -2.32. The number of ether oxygens (including phenoxy) is 1. The van der Waals surface area contributed by atoms with Gasteiger partial charge in [-0.1, -0.05) is 32.9 Å². The van der Waals surface area contributed by atoms with Gasteiger partial charge in [0, 0.05) is 19.3 Å². The van der Waals surface area contributed by atoms with Crippen LogP contribution in [0.4, 0.5) is 9.59 Å². The fraction of sp³-hybridized carbons (Fsp3) is 0.591. The third kappa shape index (κ3) is 7.74. The maximum atomic E-state index is 13.2. The molecule has 1 unspecified atom stereocenters. The van der Waals surface area contributed by atoms with Gasteiger partial charge in [-0.05, 0) is 49.8 Å². The van der Waals surface area contributed by atoms with Crippen LogP contribution in [0.25, 0.3) is 0 Å². The molecule has 0 aliphatic rings. The molecule has 0 aromatic heterocycles. The van der Waals surface area contributed by atoms with Gasteiger partial charge in [0.25, 0.3) is 5.91 Å². The lowest BCUT2D eigenvalue weighted by atomic mass is 9.97. The van der Waals surface area contributed by atoms with Gasteiger partial charge in [0.2, 0.25) is 0 Å². The molecule has 0 aliphatic carbocycles. The maximum Gasteiger partial charge on any atom is 0.359 e. The van der Waals surface area contributed by atoms with E-state index in [1.807, 2.05) is 24.3 Å². The van der Waals surface area contributed by atoms with Crippen LogP contribution in [-0.4, -0.2) is 58.6 Å². The highest BCUT2D eigenvalue weighted by molar-refractivity contribution is 8.00. The molecule has 2 N–H and O–H groups in total. The molecule has 0 heterocycles. The van der Waals surface area contributed by atoms with Gasteiger partial charge in [-0.15, -0.1) is 16.8 Å². The molecule has 31 heavy (non-hydrogen) atoms. The lowest BCUT2D eigenvalue weighted by Crippen LogP contribution is -2.54. The number of hydrogen-bond donors (Lipinski definition) is 2. The number of rotatable bonds is 10. The Bertz CT molecular complexity index is 741. The topological polar surface area (TPSA) is 99.2 Å². The maximum absolute atomic E-state index is 13.2. The second-order valence-electron chi connectivity index (χ2n) is 7.91. The van der Waals surface area contributed by atoms with Gasteiger partial charge in [-0.25, -0.2) is 14.5 Å². The second-order valence-corrected chi connectivity index (χ2v) is 9.38. The van der Waals surface area contributed by atoms with E-state index in [0.29, 0.717) is 24.5 Å². The average molecular weight is 454 g/mol. The van der Waals surface area contributed by atoms with E-state index in [9.17, 15) is 19.6 Å². The zero-order valence-corrected chi connectivity index (χ0v) is 20.1. The first-order valence-corrected chi connectivity index (χ1v) is 11.4. The fourth-order valence-electron chi connectivity index (χ4n) is 2.84. The van der Waals surface area contributed by atoms with Gasteiger partial charge >= 0.3 is 12.1 Å². The van der Waals surface area contributed by atoms with Gasteiger partial charge in [-0.3, -0.25) is 10.0 Å². The number of hydrogen-bond acceptors (Lipinski definition) is 6. The molecule has 0 spiro atoms. The van der Waals surface area contributed by atoms with E-state index in [2.05, 4.69) is 19.2 Å². The van der Waals surface area contributed by atoms with E-state index in [1.165, 1.54) is 18.8 Å². The molecule has 0 bridgehead atoms. The Morgan fingerprint density at radius 1 is 1.23 bits per heavy atom. The lowest BCUT2D eigenvalue weighted by molar-refractivity contribution is -0.156. The largest absolute Gasteiger partial charge is 0.497 e. The Balaban J connectivity index is 3.05. The monoisotopic (exact) mass is 453 g/mol. The van der Waals surface area contributed by atoms with Crippen LogP contribution < -0.4 is 10.1 Å². The number of nitrogens with zero attached hydrogens (tertiary/aromatic N) is 2. The van der Waals surface area contributed by atoms with E-state index in [4.69, 9.17) is 4.74 Å². The Hall–Kier alpha value is -2.26. The van der Waals surface area contributed by atoms with Crippen molar-refractivity contribution in [2.75, 3.05) is 20.7 Å². The minimum absolute atomic E-state index is 0.0878. The van der Waals surface area contributed by atoms with Crippen LogP contribution in [0.3, 0.4) is 0 Å². The van der Waals surface area contributed by atoms with Gasteiger partial charge in [0.05, 0.1) is 11.9 Å². The third-order valence-corrected chi connectivity index (χ3v) is 6.37.